The molecule has 1 aromatic rings. The monoisotopic (exact) mass is 382 g/mol. The van der Waals surface area contributed by atoms with E-state index in [1.165, 1.54) is 17.5 Å². The van der Waals surface area contributed by atoms with E-state index < -0.39 is 0 Å². The molecule has 3 nitrogen and oxygen atoms in total. The van der Waals surface area contributed by atoms with Crippen LogP contribution in [0.3, 0.4) is 0 Å². The molecule has 2 saturated carbocycles. The second-order valence-corrected chi connectivity index (χ2v) is 9.07. The Morgan fingerprint density at radius 1 is 1.25 bits per heavy atom. The number of Topliss-reactive ketones (excluding diaryl/α,β-unsaturated/α-hetero) is 1. The number of carbonyl (C=O) groups excluding carboxylic acids is 1. The Morgan fingerprint density at radius 2 is 2.11 bits per heavy atom. The molecule has 0 saturated heterocycles. The molecular formula is C25H34O3. The van der Waals surface area contributed by atoms with Crippen LogP contribution in [-0.4, -0.2) is 19.0 Å². The Bertz CT molecular complexity index is 765. The number of aryl methyl sites for hydroxylation is 1. The van der Waals surface area contributed by atoms with Gasteiger partial charge in [-0.2, -0.15) is 0 Å². The van der Waals surface area contributed by atoms with Gasteiger partial charge >= 0.3 is 0 Å². The summed E-state index contributed by atoms with van der Waals surface area (Å²) in [6.45, 7) is 7.80. The molecule has 0 radical (unpaired) electrons. The van der Waals surface area contributed by atoms with Gasteiger partial charge in [-0.05, 0) is 86.5 Å². The Morgan fingerprint density at radius 3 is 2.89 bits per heavy atom. The number of rotatable bonds is 6. The van der Waals surface area contributed by atoms with Gasteiger partial charge in [-0.1, -0.05) is 26.3 Å². The summed E-state index contributed by atoms with van der Waals surface area (Å²) in [6, 6.07) is 6.74. The minimum atomic E-state index is -0.190. The number of allylic oxidation sites excluding steroid dienone is 1. The van der Waals surface area contributed by atoms with Crippen molar-refractivity contribution in [2.45, 2.75) is 71.6 Å². The molecule has 3 aliphatic rings. The van der Waals surface area contributed by atoms with E-state index in [1.54, 1.807) is 6.26 Å². The molecule has 2 fully saturated rings. The van der Waals surface area contributed by atoms with Gasteiger partial charge in [-0.3, -0.25) is 4.79 Å². The van der Waals surface area contributed by atoms with Crippen molar-refractivity contribution in [3.8, 4) is 5.75 Å². The highest BCUT2D eigenvalue weighted by atomic mass is 16.5. The normalized spacial score (nSPS) is 32.6. The van der Waals surface area contributed by atoms with E-state index in [1.807, 2.05) is 6.92 Å². The highest BCUT2D eigenvalue weighted by molar-refractivity contribution is 6.02. The van der Waals surface area contributed by atoms with Crippen molar-refractivity contribution in [3.63, 3.8) is 0 Å². The molecule has 3 heteroatoms. The zero-order chi connectivity index (χ0) is 19.7. The van der Waals surface area contributed by atoms with Crippen LogP contribution in [-0.2, 0) is 16.0 Å². The smallest absolute Gasteiger partial charge is 0.168 e. The SMILES string of the molecule is CCCCOc1ccc2c(c1)CCC1C2CC[C@]2(C)C(=O)/C(=C\OCC)CC12. The maximum atomic E-state index is 13.1. The van der Waals surface area contributed by atoms with Gasteiger partial charge in [0.25, 0.3) is 0 Å². The van der Waals surface area contributed by atoms with Crippen LogP contribution in [0.25, 0.3) is 0 Å². The number of ether oxygens (including phenoxy) is 2. The van der Waals surface area contributed by atoms with Gasteiger partial charge in [-0.15, -0.1) is 0 Å². The molecule has 4 atom stereocenters. The van der Waals surface area contributed by atoms with Crippen LogP contribution >= 0.6 is 0 Å². The lowest BCUT2D eigenvalue weighted by molar-refractivity contribution is -0.127. The largest absolute Gasteiger partial charge is 0.501 e. The topological polar surface area (TPSA) is 35.5 Å². The highest BCUT2D eigenvalue weighted by Crippen LogP contribution is 2.60. The summed E-state index contributed by atoms with van der Waals surface area (Å²) in [7, 11) is 0. The lowest BCUT2D eigenvalue weighted by Gasteiger charge is -2.48. The van der Waals surface area contributed by atoms with Crippen molar-refractivity contribution in [2.75, 3.05) is 13.2 Å². The molecule has 0 aromatic heterocycles. The number of unbranched alkanes of at least 4 members (excludes halogenated alkanes) is 1. The van der Waals surface area contributed by atoms with Gasteiger partial charge in [0.1, 0.15) is 5.75 Å². The molecule has 28 heavy (non-hydrogen) atoms. The number of hydrogen-bond donors (Lipinski definition) is 0. The summed E-state index contributed by atoms with van der Waals surface area (Å²) in [6.07, 6.45) is 9.31. The Hall–Kier alpha value is -1.77. The molecule has 0 amide bonds. The zero-order valence-electron chi connectivity index (χ0n) is 17.6. The molecule has 152 valence electrons. The second kappa shape index (κ2) is 7.93. The fraction of sp³-hybridized carbons (Fsp3) is 0.640. The third-order valence-corrected chi connectivity index (χ3v) is 7.50. The van der Waals surface area contributed by atoms with Crippen molar-refractivity contribution in [1.29, 1.82) is 0 Å². The quantitative estimate of drug-likeness (QED) is 0.353. The molecular weight excluding hydrogens is 348 g/mol. The third-order valence-electron chi connectivity index (χ3n) is 7.50. The van der Waals surface area contributed by atoms with Crippen LogP contribution in [0.2, 0.25) is 0 Å². The van der Waals surface area contributed by atoms with E-state index in [4.69, 9.17) is 9.47 Å². The minimum absolute atomic E-state index is 0.190. The van der Waals surface area contributed by atoms with Crippen LogP contribution in [0.4, 0.5) is 0 Å². The molecule has 3 aliphatic carbocycles. The van der Waals surface area contributed by atoms with E-state index in [-0.39, 0.29) is 5.41 Å². The molecule has 0 heterocycles. The molecule has 0 aliphatic heterocycles. The van der Waals surface area contributed by atoms with Crippen molar-refractivity contribution < 1.29 is 14.3 Å². The maximum Gasteiger partial charge on any atom is 0.168 e. The van der Waals surface area contributed by atoms with Crippen LogP contribution in [0, 0.1) is 17.3 Å². The summed E-state index contributed by atoms with van der Waals surface area (Å²) in [4.78, 5) is 13.1. The number of ketones is 1. The van der Waals surface area contributed by atoms with E-state index in [2.05, 4.69) is 32.0 Å². The van der Waals surface area contributed by atoms with Gasteiger partial charge in [0.05, 0.1) is 19.5 Å². The van der Waals surface area contributed by atoms with Crippen LogP contribution in [0.1, 0.15) is 76.3 Å². The Balaban J connectivity index is 1.55. The lowest BCUT2D eigenvalue weighted by atomic mass is 9.55. The van der Waals surface area contributed by atoms with Gasteiger partial charge in [0, 0.05) is 11.0 Å². The number of fused-ring (bicyclic) bond motifs is 5. The molecule has 1 aromatic carbocycles. The number of hydrogen-bond acceptors (Lipinski definition) is 3. The summed E-state index contributed by atoms with van der Waals surface area (Å²) in [5.41, 5.74) is 3.70. The summed E-state index contributed by atoms with van der Waals surface area (Å²) < 4.78 is 11.4. The number of carbonyl (C=O) groups is 1. The predicted molar refractivity (Wildman–Crippen MR) is 112 cm³/mol. The van der Waals surface area contributed by atoms with Gasteiger partial charge in [0.15, 0.2) is 5.78 Å². The number of benzene rings is 1. The van der Waals surface area contributed by atoms with E-state index >= 15 is 0 Å². The summed E-state index contributed by atoms with van der Waals surface area (Å²) in [5.74, 6) is 3.01. The predicted octanol–water partition coefficient (Wildman–Crippen LogP) is 5.82. The standard InChI is InChI=1S/C25H34O3/c1-4-6-13-28-19-8-10-20-17(14-19)7-9-22-21(20)11-12-25(3)23(22)15-18(24(25)26)16-27-5-2/h8,10,14,16,21-23H,4-7,9,11-13,15H2,1-3H3/b18-16-/t21?,22?,23?,25-/m0/s1. The fourth-order valence-electron chi connectivity index (χ4n) is 5.94. The molecule has 0 spiro atoms. The van der Waals surface area contributed by atoms with Crippen molar-refractivity contribution in [2.24, 2.45) is 17.3 Å². The molecule has 4 rings (SSSR count). The van der Waals surface area contributed by atoms with Gasteiger partial charge < -0.3 is 9.47 Å². The molecule has 0 bridgehead atoms. The molecule has 0 N–H and O–H groups in total. The maximum absolute atomic E-state index is 13.1. The first-order chi connectivity index (χ1) is 13.6. The zero-order valence-corrected chi connectivity index (χ0v) is 17.6. The second-order valence-electron chi connectivity index (χ2n) is 9.07. The average molecular weight is 383 g/mol. The third kappa shape index (κ3) is 3.27. The Kier molecular flexibility index (Phi) is 5.53. The average Bonchev–Trinajstić information content (AvgIpc) is 2.97. The summed E-state index contributed by atoms with van der Waals surface area (Å²) >= 11 is 0. The van der Waals surface area contributed by atoms with Crippen molar-refractivity contribution in [1.82, 2.24) is 0 Å². The van der Waals surface area contributed by atoms with E-state index in [9.17, 15) is 4.79 Å². The first-order valence-electron chi connectivity index (χ1n) is 11.2. The van der Waals surface area contributed by atoms with E-state index in [0.717, 1.165) is 56.5 Å². The lowest BCUT2D eigenvalue weighted by Crippen LogP contribution is -2.42. The van der Waals surface area contributed by atoms with E-state index in [0.29, 0.717) is 30.1 Å². The summed E-state index contributed by atoms with van der Waals surface area (Å²) in [5, 5.41) is 0. The van der Waals surface area contributed by atoms with Crippen LogP contribution < -0.4 is 4.74 Å². The minimum Gasteiger partial charge on any atom is -0.501 e. The Labute approximate surface area is 169 Å². The van der Waals surface area contributed by atoms with Crippen LogP contribution in [0.5, 0.6) is 5.75 Å². The van der Waals surface area contributed by atoms with Crippen molar-refractivity contribution in [3.05, 3.63) is 41.2 Å². The first kappa shape index (κ1) is 19.5. The first-order valence-corrected chi connectivity index (χ1v) is 11.2. The highest BCUT2D eigenvalue weighted by Gasteiger charge is 2.56. The molecule has 3 unspecified atom stereocenters. The van der Waals surface area contributed by atoms with Gasteiger partial charge in [-0.25, -0.2) is 0 Å². The van der Waals surface area contributed by atoms with Gasteiger partial charge in [0.2, 0.25) is 0 Å². The van der Waals surface area contributed by atoms with Crippen molar-refractivity contribution >= 4 is 5.78 Å². The fourth-order valence-corrected chi connectivity index (χ4v) is 5.94. The van der Waals surface area contributed by atoms with Crippen LogP contribution in [0.15, 0.2) is 30.0 Å².